The van der Waals surface area contributed by atoms with Gasteiger partial charge in [0.05, 0.1) is 24.7 Å². The van der Waals surface area contributed by atoms with E-state index in [0.717, 1.165) is 11.1 Å². The number of thiazole rings is 2. The third-order valence-electron chi connectivity index (χ3n) is 7.80. The standard InChI is InChI=1S/C34H39N7O4S2/c1-21(2)29-33-39-26(19-47-33)30(43)36-14-9-15-41(34(45)24(35)16-22-10-5-3-6-11-22)18-28(42)37-25(17-23-12-7-4-8-13-23)32-38-27(20-46-32)31(44)40-29/h3-8,10-13,19-21,24-25,29H,9,14-18,35H2,1-2H3,(H,36,43)(H,37,42)(H,40,44)/t24-,25?,29-/m0/s1. The van der Waals surface area contributed by atoms with Crippen LogP contribution in [-0.4, -0.2) is 64.2 Å². The summed E-state index contributed by atoms with van der Waals surface area (Å²) in [5.41, 5.74) is 8.74. The Morgan fingerprint density at radius 1 is 0.894 bits per heavy atom. The van der Waals surface area contributed by atoms with Gasteiger partial charge >= 0.3 is 0 Å². The van der Waals surface area contributed by atoms with Crippen LogP contribution < -0.4 is 21.7 Å². The van der Waals surface area contributed by atoms with Crippen LogP contribution in [0.2, 0.25) is 0 Å². The Morgan fingerprint density at radius 2 is 1.51 bits per heavy atom. The largest absolute Gasteiger partial charge is 0.351 e. The summed E-state index contributed by atoms with van der Waals surface area (Å²) in [6, 6.07) is 17.3. The summed E-state index contributed by atoms with van der Waals surface area (Å²) in [6.45, 7) is 4.17. The van der Waals surface area contributed by atoms with Gasteiger partial charge in [-0.25, -0.2) is 9.97 Å². The lowest BCUT2D eigenvalue weighted by atomic mass is 10.0. The number of rotatable bonds is 6. The van der Waals surface area contributed by atoms with Crippen LogP contribution in [0.1, 0.15) is 74.5 Å². The minimum atomic E-state index is -0.858. The molecule has 5 rings (SSSR count). The van der Waals surface area contributed by atoms with Gasteiger partial charge < -0.3 is 26.6 Å². The molecule has 0 radical (unpaired) electrons. The molecule has 13 heteroatoms. The number of nitrogens with two attached hydrogens (primary N) is 1. The normalized spacial score (nSPS) is 18.7. The van der Waals surface area contributed by atoms with E-state index in [1.165, 1.54) is 27.6 Å². The van der Waals surface area contributed by atoms with E-state index in [-0.39, 0.29) is 60.6 Å². The first kappa shape index (κ1) is 33.9. The number of hydrogen-bond donors (Lipinski definition) is 4. The number of nitrogens with zero attached hydrogens (tertiary/aromatic N) is 3. The van der Waals surface area contributed by atoms with Gasteiger partial charge in [0.15, 0.2) is 0 Å². The van der Waals surface area contributed by atoms with E-state index in [0.29, 0.717) is 29.3 Å². The molecule has 0 saturated carbocycles. The van der Waals surface area contributed by atoms with Crippen molar-refractivity contribution in [2.75, 3.05) is 19.6 Å². The first-order valence-corrected chi connectivity index (χ1v) is 17.4. The lowest BCUT2D eigenvalue weighted by Crippen LogP contribution is -2.49. The number of benzene rings is 2. The first-order chi connectivity index (χ1) is 22.7. The van der Waals surface area contributed by atoms with Gasteiger partial charge in [0, 0.05) is 23.8 Å². The maximum atomic E-state index is 13.6. The number of carbonyl (C=O) groups excluding carboxylic acids is 4. The molecule has 4 bridgehead atoms. The minimum Gasteiger partial charge on any atom is -0.351 e. The molecule has 47 heavy (non-hydrogen) atoms. The summed E-state index contributed by atoms with van der Waals surface area (Å²) in [4.78, 5) is 64.2. The fourth-order valence-electron chi connectivity index (χ4n) is 5.30. The van der Waals surface area contributed by atoms with E-state index >= 15 is 0 Å². The second-order valence-corrected chi connectivity index (χ2v) is 13.6. The van der Waals surface area contributed by atoms with E-state index in [1.54, 1.807) is 10.8 Å². The van der Waals surface area contributed by atoms with Gasteiger partial charge in [0.1, 0.15) is 21.4 Å². The molecule has 4 aromatic rings. The molecule has 0 aliphatic carbocycles. The van der Waals surface area contributed by atoms with Crippen LogP contribution in [0.25, 0.3) is 0 Å². The summed E-state index contributed by atoms with van der Waals surface area (Å²) in [6.07, 6.45) is 1.15. The SMILES string of the molecule is CC(C)[C@@H]1NC(=O)c2csc(n2)C(Cc2ccccc2)NC(=O)CN(C(=O)[C@@H](N)Cc2ccccc2)CCCNC(=O)c2csc1n2. The highest BCUT2D eigenvalue weighted by atomic mass is 32.1. The quantitative estimate of drug-likeness (QED) is 0.243. The Morgan fingerprint density at radius 3 is 2.19 bits per heavy atom. The molecular formula is C34H39N7O4S2. The Balaban J connectivity index is 1.43. The average Bonchev–Trinajstić information content (AvgIpc) is 3.76. The molecule has 4 amide bonds. The molecule has 1 aliphatic heterocycles. The van der Waals surface area contributed by atoms with Crippen molar-refractivity contribution in [3.05, 3.63) is 104 Å². The third kappa shape index (κ3) is 9.09. The fourth-order valence-corrected chi connectivity index (χ4v) is 7.17. The molecule has 0 fully saturated rings. The zero-order chi connectivity index (χ0) is 33.3. The Hall–Kier alpha value is -4.46. The second kappa shape index (κ2) is 15.9. The van der Waals surface area contributed by atoms with Crippen molar-refractivity contribution in [1.29, 1.82) is 0 Å². The summed E-state index contributed by atoms with van der Waals surface area (Å²) < 4.78 is 0. The number of nitrogens with one attached hydrogen (secondary N) is 3. The van der Waals surface area contributed by atoms with E-state index < -0.39 is 18.1 Å². The zero-order valence-electron chi connectivity index (χ0n) is 26.3. The lowest BCUT2D eigenvalue weighted by molar-refractivity contribution is -0.137. The molecule has 2 aromatic heterocycles. The van der Waals surface area contributed by atoms with Crippen LogP contribution in [0, 0.1) is 5.92 Å². The van der Waals surface area contributed by atoms with Crippen molar-refractivity contribution in [1.82, 2.24) is 30.8 Å². The van der Waals surface area contributed by atoms with Crippen molar-refractivity contribution in [3.8, 4) is 0 Å². The molecule has 3 heterocycles. The molecule has 3 atom stereocenters. The summed E-state index contributed by atoms with van der Waals surface area (Å²) in [5, 5.41) is 13.5. The highest BCUT2D eigenvalue weighted by Gasteiger charge is 2.28. The van der Waals surface area contributed by atoms with Crippen LogP contribution in [0.4, 0.5) is 0 Å². The van der Waals surface area contributed by atoms with Crippen molar-refractivity contribution >= 4 is 46.3 Å². The number of aromatic nitrogens is 2. The monoisotopic (exact) mass is 673 g/mol. The molecule has 5 N–H and O–H groups in total. The topological polar surface area (TPSA) is 159 Å². The highest BCUT2D eigenvalue weighted by molar-refractivity contribution is 7.10. The van der Waals surface area contributed by atoms with E-state index in [4.69, 9.17) is 5.73 Å². The molecule has 0 saturated heterocycles. The van der Waals surface area contributed by atoms with Gasteiger partial charge in [-0.2, -0.15) is 0 Å². The van der Waals surface area contributed by atoms with Crippen molar-refractivity contribution < 1.29 is 19.2 Å². The molecule has 1 unspecified atom stereocenters. The van der Waals surface area contributed by atoms with E-state index in [2.05, 4.69) is 25.9 Å². The van der Waals surface area contributed by atoms with Gasteiger partial charge in [-0.3, -0.25) is 19.2 Å². The van der Waals surface area contributed by atoms with Gasteiger partial charge in [0.2, 0.25) is 11.8 Å². The third-order valence-corrected chi connectivity index (χ3v) is 9.68. The zero-order valence-corrected chi connectivity index (χ0v) is 28.0. The summed E-state index contributed by atoms with van der Waals surface area (Å²) in [7, 11) is 0. The van der Waals surface area contributed by atoms with Crippen molar-refractivity contribution in [3.63, 3.8) is 0 Å². The molecule has 1 aliphatic rings. The summed E-state index contributed by atoms with van der Waals surface area (Å²) in [5.74, 6) is -1.49. The molecule has 11 nitrogen and oxygen atoms in total. The second-order valence-electron chi connectivity index (χ2n) is 11.8. The summed E-state index contributed by atoms with van der Waals surface area (Å²) >= 11 is 2.59. The number of fused-ring (bicyclic) bond motifs is 4. The van der Waals surface area contributed by atoms with Gasteiger partial charge in [-0.1, -0.05) is 74.5 Å². The number of hydrogen-bond acceptors (Lipinski definition) is 9. The maximum absolute atomic E-state index is 13.6. The van der Waals surface area contributed by atoms with Crippen LogP contribution >= 0.6 is 22.7 Å². The van der Waals surface area contributed by atoms with Crippen LogP contribution in [0.5, 0.6) is 0 Å². The maximum Gasteiger partial charge on any atom is 0.271 e. The average molecular weight is 674 g/mol. The molecule has 246 valence electrons. The molecule has 2 aromatic carbocycles. The Kier molecular flexibility index (Phi) is 11.5. The first-order valence-electron chi connectivity index (χ1n) is 15.6. The number of amides is 4. The van der Waals surface area contributed by atoms with Gasteiger partial charge in [-0.05, 0) is 36.3 Å². The van der Waals surface area contributed by atoms with E-state index in [9.17, 15) is 19.2 Å². The van der Waals surface area contributed by atoms with Crippen LogP contribution in [0.15, 0.2) is 71.4 Å². The molecular weight excluding hydrogens is 635 g/mol. The van der Waals surface area contributed by atoms with Crippen LogP contribution in [0.3, 0.4) is 0 Å². The van der Waals surface area contributed by atoms with E-state index in [1.807, 2.05) is 74.5 Å². The smallest absolute Gasteiger partial charge is 0.271 e. The van der Waals surface area contributed by atoms with Crippen LogP contribution in [-0.2, 0) is 22.4 Å². The van der Waals surface area contributed by atoms with Gasteiger partial charge in [-0.15, -0.1) is 22.7 Å². The fraction of sp³-hybridized carbons (Fsp3) is 0.353. The Labute approximate surface area is 282 Å². The van der Waals surface area contributed by atoms with Gasteiger partial charge in [0.25, 0.3) is 11.8 Å². The molecule has 0 spiro atoms. The lowest BCUT2D eigenvalue weighted by Gasteiger charge is -2.26. The predicted octanol–water partition coefficient (Wildman–Crippen LogP) is 3.66. The van der Waals surface area contributed by atoms with Crippen molar-refractivity contribution in [2.45, 2.75) is 51.2 Å². The Bertz CT molecular complexity index is 1680. The predicted molar refractivity (Wildman–Crippen MR) is 182 cm³/mol. The number of carbonyl (C=O) groups is 4. The van der Waals surface area contributed by atoms with Crippen molar-refractivity contribution in [2.24, 2.45) is 11.7 Å². The minimum absolute atomic E-state index is 0.00451. The highest BCUT2D eigenvalue weighted by Crippen LogP contribution is 2.27.